The SMILES string of the molecule is COC(CNS(=O)(=O)c1cc(NC2CC(Cn3cccn3)C2)c([N+](=O)[O-])cc1C)C(C)C. The first-order chi connectivity index (χ1) is 15.1. The molecule has 176 valence electrons. The number of methoxy groups -OCH3 is 1. The molecule has 32 heavy (non-hydrogen) atoms. The topological polar surface area (TPSA) is 128 Å². The van der Waals surface area contributed by atoms with Crippen LogP contribution in [0, 0.1) is 28.9 Å². The highest BCUT2D eigenvalue weighted by atomic mass is 32.2. The van der Waals surface area contributed by atoms with Crippen LogP contribution >= 0.6 is 0 Å². The Morgan fingerprint density at radius 2 is 2.06 bits per heavy atom. The first-order valence-electron chi connectivity index (χ1n) is 10.7. The van der Waals surface area contributed by atoms with Crippen LogP contribution in [-0.2, 0) is 21.3 Å². The van der Waals surface area contributed by atoms with Gasteiger partial charge in [0.2, 0.25) is 10.0 Å². The number of rotatable bonds is 11. The second-order valence-electron chi connectivity index (χ2n) is 8.67. The van der Waals surface area contributed by atoms with Crippen molar-refractivity contribution in [3.63, 3.8) is 0 Å². The molecule has 1 aromatic heterocycles. The summed E-state index contributed by atoms with van der Waals surface area (Å²) in [6, 6.07) is 4.59. The van der Waals surface area contributed by atoms with E-state index >= 15 is 0 Å². The van der Waals surface area contributed by atoms with E-state index in [0.717, 1.165) is 19.4 Å². The Labute approximate surface area is 188 Å². The number of hydrogen-bond acceptors (Lipinski definition) is 7. The molecule has 10 nitrogen and oxygen atoms in total. The van der Waals surface area contributed by atoms with Crippen molar-refractivity contribution in [2.75, 3.05) is 19.0 Å². The molecule has 0 spiro atoms. The number of aryl methyl sites for hydroxylation is 1. The molecule has 11 heteroatoms. The lowest BCUT2D eigenvalue weighted by Crippen LogP contribution is -2.38. The largest absolute Gasteiger partial charge is 0.380 e. The van der Waals surface area contributed by atoms with E-state index in [9.17, 15) is 18.5 Å². The van der Waals surface area contributed by atoms with E-state index in [1.807, 2.05) is 30.8 Å². The molecule has 1 heterocycles. The first-order valence-corrected chi connectivity index (χ1v) is 12.1. The molecule has 1 atom stereocenters. The summed E-state index contributed by atoms with van der Waals surface area (Å²) in [4.78, 5) is 11.1. The molecule has 0 aliphatic heterocycles. The molecule has 3 rings (SSSR count). The number of benzene rings is 1. The number of nitrogens with zero attached hydrogens (tertiary/aromatic N) is 3. The standard InChI is InChI=1S/C21H31N5O5S/c1-14(2)20(31-4)12-23-32(29,30)21-11-18(19(26(27)28)8-15(21)3)24-17-9-16(10-17)13-25-7-5-6-22-25/h5-8,11,14,16-17,20,23-24H,9-10,12-13H2,1-4H3. The molecule has 1 aliphatic carbocycles. The van der Waals surface area contributed by atoms with Crippen molar-refractivity contribution < 1.29 is 18.1 Å². The van der Waals surface area contributed by atoms with Crippen LogP contribution in [0.5, 0.6) is 0 Å². The number of anilines is 1. The van der Waals surface area contributed by atoms with E-state index < -0.39 is 14.9 Å². The number of ether oxygens (including phenoxy) is 1. The fraction of sp³-hybridized carbons (Fsp3) is 0.571. The third-order valence-electron chi connectivity index (χ3n) is 5.90. The highest BCUT2D eigenvalue weighted by Crippen LogP contribution is 2.36. The van der Waals surface area contributed by atoms with Crippen LogP contribution in [0.3, 0.4) is 0 Å². The van der Waals surface area contributed by atoms with Crippen LogP contribution in [0.15, 0.2) is 35.5 Å². The van der Waals surface area contributed by atoms with Gasteiger partial charge in [-0.25, -0.2) is 13.1 Å². The van der Waals surface area contributed by atoms with Gasteiger partial charge in [-0.3, -0.25) is 14.8 Å². The number of nitro groups is 1. The quantitative estimate of drug-likeness (QED) is 0.386. The average molecular weight is 466 g/mol. The molecule has 2 N–H and O–H groups in total. The van der Waals surface area contributed by atoms with E-state index in [-0.39, 0.29) is 40.9 Å². The first kappa shape index (κ1) is 24.1. The van der Waals surface area contributed by atoms with E-state index in [4.69, 9.17) is 4.74 Å². The lowest BCUT2D eigenvalue weighted by atomic mass is 9.80. The van der Waals surface area contributed by atoms with Gasteiger partial charge in [-0.15, -0.1) is 0 Å². The van der Waals surface area contributed by atoms with Crippen molar-refractivity contribution in [2.24, 2.45) is 11.8 Å². The van der Waals surface area contributed by atoms with Gasteiger partial charge < -0.3 is 10.1 Å². The molecule has 0 saturated heterocycles. The fourth-order valence-electron chi connectivity index (χ4n) is 3.99. The van der Waals surface area contributed by atoms with Gasteiger partial charge in [0, 0.05) is 44.7 Å². The third-order valence-corrected chi connectivity index (χ3v) is 7.47. The monoisotopic (exact) mass is 465 g/mol. The summed E-state index contributed by atoms with van der Waals surface area (Å²) in [5.41, 5.74) is 0.406. The van der Waals surface area contributed by atoms with E-state index in [2.05, 4.69) is 15.1 Å². The molecular formula is C21H31N5O5S. The number of nitro benzene ring substituents is 1. The van der Waals surface area contributed by atoms with Crippen molar-refractivity contribution in [2.45, 2.75) is 57.2 Å². The number of hydrogen-bond donors (Lipinski definition) is 2. The molecular weight excluding hydrogens is 434 g/mol. The third kappa shape index (κ3) is 5.64. The summed E-state index contributed by atoms with van der Waals surface area (Å²) in [6.07, 6.45) is 5.02. The van der Waals surface area contributed by atoms with Crippen LogP contribution in [0.2, 0.25) is 0 Å². The molecule has 2 aromatic rings. The number of aromatic nitrogens is 2. The Morgan fingerprint density at radius 1 is 1.34 bits per heavy atom. The maximum absolute atomic E-state index is 13.0. The van der Waals surface area contributed by atoms with Gasteiger partial charge in [-0.05, 0) is 49.3 Å². The predicted molar refractivity (Wildman–Crippen MR) is 121 cm³/mol. The smallest absolute Gasteiger partial charge is 0.292 e. The van der Waals surface area contributed by atoms with Gasteiger partial charge in [0.05, 0.1) is 15.9 Å². The van der Waals surface area contributed by atoms with Gasteiger partial charge in [0.25, 0.3) is 5.69 Å². The van der Waals surface area contributed by atoms with Crippen LogP contribution in [0.1, 0.15) is 32.3 Å². The average Bonchev–Trinajstić information content (AvgIpc) is 3.20. The van der Waals surface area contributed by atoms with Gasteiger partial charge in [-0.1, -0.05) is 13.8 Å². The number of nitrogens with one attached hydrogen (secondary N) is 2. The Balaban J connectivity index is 1.74. The predicted octanol–water partition coefficient (Wildman–Crippen LogP) is 2.94. The molecule has 1 aromatic carbocycles. The second-order valence-corrected chi connectivity index (χ2v) is 10.4. The summed E-state index contributed by atoms with van der Waals surface area (Å²) < 4.78 is 35.7. The second kappa shape index (κ2) is 9.97. The van der Waals surface area contributed by atoms with Crippen LogP contribution in [0.25, 0.3) is 0 Å². The normalized spacial score (nSPS) is 19.5. The summed E-state index contributed by atoms with van der Waals surface area (Å²) >= 11 is 0. The summed E-state index contributed by atoms with van der Waals surface area (Å²) in [6.45, 7) is 6.36. The van der Waals surface area contributed by atoms with Gasteiger partial charge in [-0.2, -0.15) is 5.10 Å². The summed E-state index contributed by atoms with van der Waals surface area (Å²) in [5, 5.41) is 19.0. The lowest BCUT2D eigenvalue weighted by molar-refractivity contribution is -0.384. The summed E-state index contributed by atoms with van der Waals surface area (Å²) in [5.74, 6) is 0.551. The molecule has 1 unspecified atom stereocenters. The maximum atomic E-state index is 13.0. The minimum absolute atomic E-state index is 0.0247. The number of sulfonamides is 1. The highest BCUT2D eigenvalue weighted by molar-refractivity contribution is 7.89. The van der Waals surface area contributed by atoms with Crippen molar-refractivity contribution in [3.8, 4) is 0 Å². The lowest BCUT2D eigenvalue weighted by Gasteiger charge is -2.36. The fourth-order valence-corrected chi connectivity index (χ4v) is 5.28. The van der Waals surface area contributed by atoms with Crippen LogP contribution in [0.4, 0.5) is 11.4 Å². The zero-order valence-corrected chi connectivity index (χ0v) is 19.6. The van der Waals surface area contributed by atoms with Gasteiger partial charge in [0.1, 0.15) is 5.69 Å². The highest BCUT2D eigenvalue weighted by Gasteiger charge is 2.32. The minimum atomic E-state index is -3.87. The minimum Gasteiger partial charge on any atom is -0.380 e. The zero-order chi connectivity index (χ0) is 23.5. The Morgan fingerprint density at radius 3 is 2.62 bits per heavy atom. The maximum Gasteiger partial charge on any atom is 0.292 e. The van der Waals surface area contributed by atoms with Crippen LogP contribution < -0.4 is 10.0 Å². The molecule has 0 radical (unpaired) electrons. The van der Waals surface area contributed by atoms with Crippen molar-refractivity contribution in [1.82, 2.24) is 14.5 Å². The van der Waals surface area contributed by atoms with Gasteiger partial charge >= 0.3 is 0 Å². The van der Waals surface area contributed by atoms with Crippen molar-refractivity contribution in [1.29, 1.82) is 0 Å². The van der Waals surface area contributed by atoms with Crippen molar-refractivity contribution in [3.05, 3.63) is 46.3 Å². The van der Waals surface area contributed by atoms with E-state index in [1.54, 1.807) is 13.1 Å². The molecule has 0 amide bonds. The van der Waals surface area contributed by atoms with E-state index in [1.165, 1.54) is 19.2 Å². The van der Waals surface area contributed by atoms with E-state index in [0.29, 0.717) is 11.5 Å². The molecule has 1 fully saturated rings. The Bertz CT molecular complexity index is 1030. The van der Waals surface area contributed by atoms with Crippen molar-refractivity contribution >= 4 is 21.4 Å². The Kier molecular flexibility index (Phi) is 7.52. The Hall–Kier alpha value is -2.50. The molecule has 1 aliphatic rings. The molecule has 0 bridgehead atoms. The van der Waals surface area contributed by atoms with Gasteiger partial charge in [0.15, 0.2) is 0 Å². The zero-order valence-electron chi connectivity index (χ0n) is 18.8. The summed E-state index contributed by atoms with van der Waals surface area (Å²) in [7, 11) is -2.33. The van der Waals surface area contributed by atoms with Crippen LogP contribution in [-0.4, -0.2) is 48.9 Å². The molecule has 1 saturated carbocycles.